The van der Waals surface area contributed by atoms with Crippen molar-refractivity contribution >= 4 is 48.3 Å². The van der Waals surface area contributed by atoms with Crippen molar-refractivity contribution in [1.82, 2.24) is 0 Å². The Hall–Kier alpha value is -1.38. The highest BCUT2D eigenvalue weighted by molar-refractivity contribution is 9.10. The van der Waals surface area contributed by atoms with Gasteiger partial charge in [0.1, 0.15) is 9.88 Å². The Kier molecular flexibility index (Phi) is 4.96. The molecule has 1 aliphatic rings. The third-order valence-electron chi connectivity index (χ3n) is 4.08. The predicted molar refractivity (Wildman–Crippen MR) is 102 cm³/mol. The molecular weight excluding hydrogens is 426 g/mol. The molecule has 1 N–H and O–H groups in total. The van der Waals surface area contributed by atoms with Crippen molar-refractivity contribution in [2.24, 2.45) is 0 Å². The molecule has 0 amide bonds. The molecule has 0 unspecified atom stereocenters. The maximum Gasteiger partial charge on any atom is 0.348 e. The summed E-state index contributed by atoms with van der Waals surface area (Å²) in [5.74, 6) is -0.104. The Balaban J connectivity index is 1.98. The summed E-state index contributed by atoms with van der Waals surface area (Å²) in [4.78, 5) is 12.7. The molecule has 25 heavy (non-hydrogen) atoms. The molecule has 0 radical (unpaired) electrons. The maximum atomic E-state index is 12.9. The molecule has 1 heterocycles. The van der Waals surface area contributed by atoms with E-state index < -0.39 is 16.0 Å². The maximum absolute atomic E-state index is 12.9. The average Bonchev–Trinajstić information content (AvgIpc) is 3.26. The van der Waals surface area contributed by atoms with E-state index in [9.17, 15) is 13.2 Å². The van der Waals surface area contributed by atoms with Crippen molar-refractivity contribution in [2.75, 3.05) is 11.8 Å². The number of rotatable bonds is 5. The van der Waals surface area contributed by atoms with E-state index >= 15 is 0 Å². The predicted octanol–water partition coefficient (Wildman–Crippen LogP) is 4.59. The molecule has 1 aromatic carbocycles. The van der Waals surface area contributed by atoms with Gasteiger partial charge in [-0.3, -0.25) is 4.72 Å². The summed E-state index contributed by atoms with van der Waals surface area (Å²) in [6.45, 7) is 3.52. The zero-order valence-corrected chi connectivity index (χ0v) is 17.3. The SMILES string of the molecule is COC(=O)c1sc(NS(=O)(=O)c2c(C)cc(Br)cc2C)cc1C1CC1. The van der Waals surface area contributed by atoms with E-state index in [1.54, 1.807) is 32.0 Å². The molecule has 0 aliphatic heterocycles. The van der Waals surface area contributed by atoms with Gasteiger partial charge >= 0.3 is 5.97 Å². The van der Waals surface area contributed by atoms with Gasteiger partial charge in [0.25, 0.3) is 10.0 Å². The van der Waals surface area contributed by atoms with Gasteiger partial charge in [0.05, 0.1) is 12.0 Å². The van der Waals surface area contributed by atoms with Crippen molar-refractivity contribution in [1.29, 1.82) is 0 Å². The smallest absolute Gasteiger partial charge is 0.348 e. The molecule has 0 saturated heterocycles. The molecule has 0 bridgehead atoms. The van der Waals surface area contributed by atoms with Crippen LogP contribution in [0.3, 0.4) is 0 Å². The molecule has 2 aromatic rings. The summed E-state index contributed by atoms with van der Waals surface area (Å²) in [5.41, 5.74) is 2.19. The average molecular weight is 444 g/mol. The number of esters is 1. The van der Waals surface area contributed by atoms with Gasteiger partial charge in [-0.05, 0) is 67.5 Å². The zero-order chi connectivity index (χ0) is 18.4. The quantitative estimate of drug-likeness (QED) is 0.685. The molecule has 1 aromatic heterocycles. The van der Waals surface area contributed by atoms with Crippen LogP contribution in [-0.2, 0) is 14.8 Å². The van der Waals surface area contributed by atoms with Crippen molar-refractivity contribution < 1.29 is 17.9 Å². The minimum atomic E-state index is -3.75. The fourth-order valence-corrected chi connectivity index (χ4v) is 6.40. The van der Waals surface area contributed by atoms with Crippen molar-refractivity contribution in [3.63, 3.8) is 0 Å². The lowest BCUT2D eigenvalue weighted by molar-refractivity contribution is 0.0605. The number of nitrogens with one attached hydrogen (secondary N) is 1. The van der Waals surface area contributed by atoms with Gasteiger partial charge in [-0.2, -0.15) is 0 Å². The van der Waals surface area contributed by atoms with Crippen LogP contribution < -0.4 is 4.72 Å². The monoisotopic (exact) mass is 443 g/mol. The Morgan fingerprint density at radius 1 is 1.24 bits per heavy atom. The van der Waals surface area contributed by atoms with Gasteiger partial charge in [0, 0.05) is 4.47 Å². The van der Waals surface area contributed by atoms with Gasteiger partial charge in [-0.1, -0.05) is 15.9 Å². The van der Waals surface area contributed by atoms with Crippen LogP contribution >= 0.6 is 27.3 Å². The highest BCUT2D eigenvalue weighted by atomic mass is 79.9. The van der Waals surface area contributed by atoms with E-state index in [0.717, 1.165) is 34.2 Å². The number of anilines is 1. The first-order chi connectivity index (χ1) is 11.7. The first kappa shape index (κ1) is 18.4. The Morgan fingerprint density at radius 2 is 1.84 bits per heavy atom. The summed E-state index contributed by atoms with van der Waals surface area (Å²) in [6, 6.07) is 5.30. The summed E-state index contributed by atoms with van der Waals surface area (Å²) in [7, 11) is -2.41. The lowest BCUT2D eigenvalue weighted by Gasteiger charge is -2.12. The number of ether oxygens (including phenoxy) is 1. The normalized spacial score (nSPS) is 14.4. The summed E-state index contributed by atoms with van der Waals surface area (Å²) >= 11 is 4.50. The lowest BCUT2D eigenvalue weighted by Crippen LogP contribution is -2.15. The number of halogens is 1. The molecule has 5 nitrogen and oxygen atoms in total. The first-order valence-corrected chi connectivity index (χ1v) is 10.8. The van der Waals surface area contributed by atoms with Crippen LogP contribution in [0.2, 0.25) is 0 Å². The fourth-order valence-electron chi connectivity index (χ4n) is 2.91. The molecule has 1 fully saturated rings. The van der Waals surface area contributed by atoms with Gasteiger partial charge in [-0.25, -0.2) is 13.2 Å². The lowest BCUT2D eigenvalue weighted by atomic mass is 10.1. The zero-order valence-electron chi connectivity index (χ0n) is 14.1. The number of aryl methyl sites for hydroxylation is 2. The van der Waals surface area contributed by atoms with Crippen LogP contribution in [0.4, 0.5) is 5.00 Å². The van der Waals surface area contributed by atoms with Gasteiger partial charge in [-0.15, -0.1) is 11.3 Å². The second-order valence-corrected chi connectivity index (χ2v) is 9.72. The standard InChI is InChI=1S/C17H18BrNO4S2/c1-9-6-12(18)7-10(2)16(9)25(21,22)19-14-8-13(11-4-5-11)15(24-14)17(20)23-3/h6-8,11,19H,4-5H2,1-3H3. The second-order valence-electron chi connectivity index (χ2n) is 6.14. The Labute approximate surface area is 159 Å². The number of methoxy groups -OCH3 is 1. The largest absolute Gasteiger partial charge is 0.465 e. The van der Waals surface area contributed by atoms with E-state index in [4.69, 9.17) is 4.74 Å². The molecule has 0 atom stereocenters. The third-order valence-corrected chi connectivity index (χ3v) is 7.38. The first-order valence-electron chi connectivity index (χ1n) is 7.74. The number of hydrogen-bond acceptors (Lipinski definition) is 5. The minimum Gasteiger partial charge on any atom is -0.465 e. The van der Waals surface area contributed by atoms with E-state index in [0.29, 0.717) is 26.9 Å². The van der Waals surface area contributed by atoms with E-state index in [1.165, 1.54) is 7.11 Å². The fraction of sp³-hybridized carbons (Fsp3) is 0.353. The Morgan fingerprint density at radius 3 is 2.36 bits per heavy atom. The van der Waals surface area contributed by atoms with Crippen molar-refractivity contribution in [3.8, 4) is 0 Å². The van der Waals surface area contributed by atoms with Gasteiger partial charge in [0.15, 0.2) is 0 Å². The molecule has 134 valence electrons. The molecule has 3 rings (SSSR count). The second kappa shape index (κ2) is 6.74. The molecule has 8 heteroatoms. The van der Waals surface area contributed by atoms with Gasteiger partial charge < -0.3 is 4.74 Å². The van der Waals surface area contributed by atoms with E-state index in [2.05, 4.69) is 20.7 Å². The Bertz CT molecular complexity index is 923. The van der Waals surface area contributed by atoms with Crippen LogP contribution in [-0.4, -0.2) is 21.5 Å². The number of carbonyl (C=O) groups is 1. The minimum absolute atomic E-state index is 0.261. The number of carbonyl (C=O) groups excluding carboxylic acids is 1. The van der Waals surface area contributed by atoms with Crippen LogP contribution in [0.5, 0.6) is 0 Å². The van der Waals surface area contributed by atoms with Crippen LogP contribution in [0.1, 0.15) is 45.1 Å². The molecule has 0 spiro atoms. The van der Waals surface area contributed by atoms with E-state index in [1.807, 2.05) is 0 Å². The summed E-state index contributed by atoms with van der Waals surface area (Å²) < 4.78 is 34.0. The number of benzene rings is 1. The number of sulfonamides is 1. The van der Waals surface area contributed by atoms with Crippen molar-refractivity contribution in [2.45, 2.75) is 37.5 Å². The molecule has 1 saturated carbocycles. The molecule has 1 aliphatic carbocycles. The highest BCUT2D eigenvalue weighted by Crippen LogP contribution is 2.46. The van der Waals surface area contributed by atoms with Crippen LogP contribution in [0, 0.1) is 13.8 Å². The molecular formula is C17H18BrNO4S2. The summed E-state index contributed by atoms with van der Waals surface area (Å²) in [5, 5.41) is 0.434. The van der Waals surface area contributed by atoms with Gasteiger partial charge in [0.2, 0.25) is 0 Å². The van der Waals surface area contributed by atoms with Crippen LogP contribution in [0.25, 0.3) is 0 Å². The van der Waals surface area contributed by atoms with Crippen LogP contribution in [0.15, 0.2) is 27.6 Å². The topological polar surface area (TPSA) is 72.5 Å². The highest BCUT2D eigenvalue weighted by Gasteiger charge is 2.32. The number of thiophene rings is 1. The van der Waals surface area contributed by atoms with E-state index in [-0.39, 0.29) is 4.90 Å². The number of hydrogen-bond donors (Lipinski definition) is 1. The van der Waals surface area contributed by atoms with Crippen molar-refractivity contribution in [3.05, 3.63) is 44.2 Å². The summed E-state index contributed by atoms with van der Waals surface area (Å²) in [6.07, 6.45) is 2.02. The third kappa shape index (κ3) is 3.75.